The van der Waals surface area contributed by atoms with E-state index in [-0.39, 0.29) is 5.69 Å². The van der Waals surface area contributed by atoms with Crippen LogP contribution in [0.2, 0.25) is 0 Å². The van der Waals surface area contributed by atoms with E-state index >= 15 is 0 Å². The van der Waals surface area contributed by atoms with E-state index in [1.54, 1.807) is 10.8 Å². The maximum atomic E-state index is 11.6. The van der Waals surface area contributed by atoms with E-state index in [0.717, 1.165) is 36.1 Å². The van der Waals surface area contributed by atoms with Gasteiger partial charge in [0.15, 0.2) is 5.16 Å². The summed E-state index contributed by atoms with van der Waals surface area (Å²) in [7, 11) is 0. The lowest BCUT2D eigenvalue weighted by molar-refractivity contribution is 0.571. The minimum atomic E-state index is -0.118. The van der Waals surface area contributed by atoms with Gasteiger partial charge in [-0.15, -0.1) is 0 Å². The van der Waals surface area contributed by atoms with Crippen molar-refractivity contribution >= 4 is 17.6 Å². The van der Waals surface area contributed by atoms with Crippen LogP contribution in [-0.4, -0.2) is 37.0 Å². The number of H-pyrrole nitrogens is 1. The molecule has 8 heteroatoms. The lowest BCUT2D eigenvalue weighted by Gasteiger charge is -2.16. The maximum absolute atomic E-state index is 11.6. The highest BCUT2D eigenvalue weighted by Crippen LogP contribution is 2.17. The molecule has 2 aromatic rings. The van der Waals surface area contributed by atoms with Crippen LogP contribution in [0.1, 0.15) is 18.7 Å². The number of anilines is 1. The highest BCUT2D eigenvalue weighted by Gasteiger charge is 2.19. The summed E-state index contributed by atoms with van der Waals surface area (Å²) in [6.07, 6.45) is 6.31. The summed E-state index contributed by atoms with van der Waals surface area (Å²) in [5.74, 6) is 1.68. The molecule has 0 radical (unpaired) electrons. The summed E-state index contributed by atoms with van der Waals surface area (Å²) >= 11 is 1.52. The lowest BCUT2D eigenvalue weighted by Crippen LogP contribution is -2.23. The largest absolute Gasteiger partial charge is 0.367 e. The van der Waals surface area contributed by atoms with Gasteiger partial charge in [0, 0.05) is 25.2 Å². The second-order valence-corrected chi connectivity index (χ2v) is 5.47. The molecule has 0 saturated carbocycles. The van der Waals surface area contributed by atoms with Crippen LogP contribution in [0.4, 0.5) is 5.82 Å². The van der Waals surface area contributed by atoms with Gasteiger partial charge in [0.25, 0.3) is 0 Å². The number of aromatic nitrogens is 5. The van der Waals surface area contributed by atoms with Gasteiger partial charge in [0.05, 0.1) is 0 Å². The number of nitrogens with one attached hydrogen (secondary N) is 2. The van der Waals surface area contributed by atoms with E-state index in [1.165, 1.54) is 11.8 Å². The van der Waals surface area contributed by atoms with E-state index in [0.29, 0.717) is 12.6 Å². The van der Waals surface area contributed by atoms with Crippen LogP contribution >= 0.6 is 11.8 Å². The van der Waals surface area contributed by atoms with Gasteiger partial charge in [-0.3, -0.25) is 4.57 Å². The van der Waals surface area contributed by atoms with Gasteiger partial charge >= 0.3 is 5.69 Å². The van der Waals surface area contributed by atoms with Crippen molar-refractivity contribution in [3.8, 4) is 0 Å². The number of fused-ring (bicyclic) bond motifs is 1. The summed E-state index contributed by atoms with van der Waals surface area (Å²) in [6, 6.07) is 2.16. The quantitative estimate of drug-likeness (QED) is 0.645. The van der Waals surface area contributed by atoms with Gasteiger partial charge in [0.1, 0.15) is 11.6 Å². The van der Waals surface area contributed by atoms with Crippen molar-refractivity contribution in [2.75, 3.05) is 11.6 Å². The van der Waals surface area contributed by atoms with Gasteiger partial charge in [-0.2, -0.15) is 5.10 Å². The van der Waals surface area contributed by atoms with E-state index in [2.05, 4.69) is 25.5 Å². The molecular formula is C12H16N6OS. The minimum absolute atomic E-state index is 0.118. The second-order valence-electron chi connectivity index (χ2n) is 4.69. The molecule has 0 aliphatic carbocycles. The van der Waals surface area contributed by atoms with E-state index in [4.69, 9.17) is 0 Å². The Labute approximate surface area is 120 Å². The van der Waals surface area contributed by atoms with E-state index in [9.17, 15) is 4.79 Å². The van der Waals surface area contributed by atoms with Gasteiger partial charge in [-0.25, -0.2) is 19.9 Å². The molecule has 7 nitrogen and oxygen atoms in total. The number of aryl methyl sites for hydroxylation is 1. The first-order chi connectivity index (χ1) is 9.76. The molecule has 1 atom stereocenters. The van der Waals surface area contributed by atoms with Crippen LogP contribution < -0.4 is 11.0 Å². The van der Waals surface area contributed by atoms with Crippen molar-refractivity contribution in [2.45, 2.75) is 37.0 Å². The number of thioether (sulfide) groups is 1. The summed E-state index contributed by atoms with van der Waals surface area (Å²) in [5.41, 5.74) is -0.118. The lowest BCUT2D eigenvalue weighted by atomic mass is 10.1. The number of nitrogens with zero attached hydrogens (tertiary/aromatic N) is 4. The van der Waals surface area contributed by atoms with Crippen molar-refractivity contribution in [1.29, 1.82) is 0 Å². The van der Waals surface area contributed by atoms with Crippen molar-refractivity contribution in [3.63, 3.8) is 0 Å². The molecule has 1 aliphatic rings. The highest BCUT2D eigenvalue weighted by atomic mass is 32.2. The first-order valence-electron chi connectivity index (χ1n) is 6.54. The molecule has 0 saturated heterocycles. The Kier molecular flexibility index (Phi) is 3.72. The Bertz CT molecular complexity index is 651. The Hall–Kier alpha value is -1.83. The molecule has 0 amide bonds. The molecule has 0 aromatic carbocycles. The molecule has 0 spiro atoms. The third-order valence-corrected chi connectivity index (χ3v) is 3.98. The normalized spacial score (nSPS) is 18.4. The molecule has 106 valence electrons. The summed E-state index contributed by atoms with van der Waals surface area (Å²) in [4.78, 5) is 20.1. The maximum Gasteiger partial charge on any atom is 0.343 e. The van der Waals surface area contributed by atoms with Crippen molar-refractivity contribution in [3.05, 3.63) is 28.6 Å². The fourth-order valence-electron chi connectivity index (χ4n) is 2.38. The van der Waals surface area contributed by atoms with Gasteiger partial charge in [-0.05, 0) is 25.2 Å². The fraction of sp³-hybridized carbons (Fsp3) is 0.500. The number of hydrogen-bond donors (Lipinski definition) is 2. The van der Waals surface area contributed by atoms with E-state index in [1.807, 2.05) is 12.3 Å². The van der Waals surface area contributed by atoms with Crippen LogP contribution in [-0.2, 0) is 13.0 Å². The zero-order chi connectivity index (χ0) is 13.9. The van der Waals surface area contributed by atoms with Gasteiger partial charge < -0.3 is 5.32 Å². The monoisotopic (exact) mass is 292 g/mol. The molecule has 2 N–H and O–H groups in total. The molecule has 20 heavy (non-hydrogen) atoms. The molecule has 0 fully saturated rings. The molecule has 1 aliphatic heterocycles. The predicted molar refractivity (Wildman–Crippen MR) is 77.0 cm³/mol. The summed E-state index contributed by atoms with van der Waals surface area (Å²) in [5, 5.41) is 10.7. The summed E-state index contributed by atoms with van der Waals surface area (Å²) < 4.78 is 1.72. The number of aromatic amines is 1. The molecule has 0 bridgehead atoms. The summed E-state index contributed by atoms with van der Waals surface area (Å²) in [6.45, 7) is 0.683. The Morgan fingerprint density at radius 1 is 1.50 bits per heavy atom. The van der Waals surface area contributed by atoms with Gasteiger partial charge in [-0.1, -0.05) is 11.8 Å². The average molecular weight is 292 g/mol. The number of hydrogen-bond acceptors (Lipinski definition) is 6. The van der Waals surface area contributed by atoms with Crippen LogP contribution in [0.25, 0.3) is 0 Å². The standard InChI is InChI=1S/C12H16N6OS/c1-20-11-13-6-4-9(15-11)14-8-2-3-10-16-17-12(19)18(10)7-5-8/h4,6,8H,2-3,5,7H2,1H3,(H,17,19)(H,13,14,15). The van der Waals surface area contributed by atoms with Crippen LogP contribution in [0, 0.1) is 0 Å². The molecule has 3 heterocycles. The highest BCUT2D eigenvalue weighted by molar-refractivity contribution is 7.98. The van der Waals surface area contributed by atoms with Gasteiger partial charge in [0.2, 0.25) is 0 Å². The third-order valence-electron chi connectivity index (χ3n) is 3.42. The van der Waals surface area contributed by atoms with Crippen LogP contribution in [0.15, 0.2) is 22.2 Å². The Morgan fingerprint density at radius 3 is 3.25 bits per heavy atom. The zero-order valence-corrected chi connectivity index (χ0v) is 12.0. The Morgan fingerprint density at radius 2 is 2.40 bits per heavy atom. The van der Waals surface area contributed by atoms with Crippen LogP contribution in [0.3, 0.4) is 0 Å². The SMILES string of the molecule is CSc1nccc(NC2CCc3n[nH]c(=O)n3CC2)n1. The molecular weight excluding hydrogens is 276 g/mol. The zero-order valence-electron chi connectivity index (χ0n) is 11.2. The first-order valence-corrected chi connectivity index (χ1v) is 7.76. The second kappa shape index (κ2) is 5.66. The van der Waals surface area contributed by atoms with Crippen molar-refractivity contribution in [1.82, 2.24) is 24.7 Å². The smallest absolute Gasteiger partial charge is 0.343 e. The van der Waals surface area contributed by atoms with Crippen molar-refractivity contribution < 1.29 is 0 Å². The molecule has 2 aromatic heterocycles. The Balaban J connectivity index is 1.69. The van der Waals surface area contributed by atoms with Crippen molar-refractivity contribution in [2.24, 2.45) is 0 Å². The van der Waals surface area contributed by atoms with Crippen LogP contribution in [0.5, 0.6) is 0 Å². The average Bonchev–Trinajstić information content (AvgIpc) is 2.70. The topological polar surface area (TPSA) is 88.5 Å². The number of rotatable bonds is 3. The van der Waals surface area contributed by atoms with E-state index < -0.39 is 0 Å². The predicted octanol–water partition coefficient (Wildman–Crippen LogP) is 0.900. The molecule has 3 rings (SSSR count). The first kappa shape index (κ1) is 13.2. The molecule has 1 unspecified atom stereocenters. The fourth-order valence-corrected chi connectivity index (χ4v) is 2.73. The third kappa shape index (κ3) is 2.69. The minimum Gasteiger partial charge on any atom is -0.367 e.